The minimum absolute atomic E-state index is 0.194. The molecule has 0 aliphatic carbocycles. The van der Waals surface area contributed by atoms with Crippen molar-refractivity contribution >= 4 is 22.7 Å². The third kappa shape index (κ3) is 3.93. The number of aromatic nitrogens is 1. The molecule has 4 rings (SSSR count). The van der Waals surface area contributed by atoms with Crippen molar-refractivity contribution in [3.63, 3.8) is 0 Å². The Kier molecular flexibility index (Phi) is 5.04. The lowest BCUT2D eigenvalue weighted by Crippen LogP contribution is -1.97. The summed E-state index contributed by atoms with van der Waals surface area (Å²) in [6.45, 7) is 5.06. The fourth-order valence-corrected chi connectivity index (χ4v) is 4.51. The van der Waals surface area contributed by atoms with E-state index in [-0.39, 0.29) is 5.82 Å². The van der Waals surface area contributed by atoms with Crippen LogP contribution in [-0.4, -0.2) is 4.57 Å². The Hall–Kier alpha value is -2.52. The SMILES string of the molecule is Cc1ccc(C)c(CSc2cn(Cc3ccc(F)cc3)c3ccccc23)c1. The molecule has 0 aliphatic heterocycles. The van der Waals surface area contributed by atoms with Crippen LogP contribution in [0.4, 0.5) is 4.39 Å². The lowest BCUT2D eigenvalue weighted by Gasteiger charge is -2.06. The van der Waals surface area contributed by atoms with Crippen LogP contribution in [0.1, 0.15) is 22.3 Å². The van der Waals surface area contributed by atoms with E-state index in [1.165, 1.54) is 44.6 Å². The van der Waals surface area contributed by atoms with E-state index in [1.54, 1.807) is 0 Å². The Morgan fingerprint density at radius 3 is 2.52 bits per heavy atom. The number of aryl methyl sites for hydroxylation is 2. The molecule has 0 saturated carbocycles. The highest BCUT2D eigenvalue weighted by Crippen LogP contribution is 2.33. The predicted molar refractivity (Wildman–Crippen MR) is 113 cm³/mol. The lowest BCUT2D eigenvalue weighted by atomic mass is 10.1. The van der Waals surface area contributed by atoms with E-state index in [0.717, 1.165) is 17.9 Å². The number of benzene rings is 3. The molecule has 136 valence electrons. The number of thioether (sulfide) groups is 1. The van der Waals surface area contributed by atoms with Crippen molar-refractivity contribution in [2.45, 2.75) is 31.0 Å². The zero-order valence-electron chi connectivity index (χ0n) is 15.6. The van der Waals surface area contributed by atoms with Crippen molar-refractivity contribution in [3.8, 4) is 0 Å². The van der Waals surface area contributed by atoms with E-state index >= 15 is 0 Å². The topological polar surface area (TPSA) is 4.93 Å². The van der Waals surface area contributed by atoms with Gasteiger partial charge >= 0.3 is 0 Å². The summed E-state index contributed by atoms with van der Waals surface area (Å²) in [6.07, 6.45) is 2.23. The van der Waals surface area contributed by atoms with Crippen LogP contribution in [-0.2, 0) is 12.3 Å². The molecule has 4 aromatic rings. The Balaban J connectivity index is 1.63. The van der Waals surface area contributed by atoms with Crippen LogP contribution in [0, 0.1) is 19.7 Å². The molecule has 0 bridgehead atoms. The second-order valence-electron chi connectivity index (χ2n) is 6.98. The first-order chi connectivity index (χ1) is 13.1. The molecule has 1 heterocycles. The smallest absolute Gasteiger partial charge is 0.123 e. The van der Waals surface area contributed by atoms with Gasteiger partial charge in [-0.3, -0.25) is 0 Å². The number of nitrogens with zero attached hydrogens (tertiary/aromatic N) is 1. The van der Waals surface area contributed by atoms with Gasteiger partial charge < -0.3 is 4.57 Å². The van der Waals surface area contributed by atoms with Gasteiger partial charge in [-0.2, -0.15) is 0 Å². The molecule has 0 radical (unpaired) electrons. The van der Waals surface area contributed by atoms with Crippen molar-refractivity contribution in [2.75, 3.05) is 0 Å². The van der Waals surface area contributed by atoms with Gasteiger partial charge in [0.2, 0.25) is 0 Å². The largest absolute Gasteiger partial charge is 0.342 e. The molecule has 1 nitrogen and oxygen atoms in total. The second kappa shape index (κ2) is 7.61. The summed E-state index contributed by atoms with van der Waals surface area (Å²) in [5, 5.41) is 1.27. The summed E-state index contributed by atoms with van der Waals surface area (Å²) in [5.41, 5.74) is 6.34. The minimum Gasteiger partial charge on any atom is -0.342 e. The third-order valence-electron chi connectivity index (χ3n) is 4.91. The van der Waals surface area contributed by atoms with Gasteiger partial charge in [0.25, 0.3) is 0 Å². The molecule has 0 unspecified atom stereocenters. The zero-order valence-corrected chi connectivity index (χ0v) is 16.4. The molecule has 3 heteroatoms. The summed E-state index contributed by atoms with van der Waals surface area (Å²) < 4.78 is 15.5. The molecular weight excluding hydrogens is 353 g/mol. The van der Waals surface area contributed by atoms with E-state index in [9.17, 15) is 4.39 Å². The predicted octanol–water partition coefficient (Wildman–Crippen LogP) is 6.74. The van der Waals surface area contributed by atoms with Crippen molar-refractivity contribution in [1.29, 1.82) is 0 Å². The fourth-order valence-electron chi connectivity index (χ4n) is 3.36. The van der Waals surface area contributed by atoms with Gasteiger partial charge in [0.05, 0.1) is 0 Å². The Morgan fingerprint density at radius 2 is 1.70 bits per heavy atom. The molecule has 1 aromatic heterocycles. The van der Waals surface area contributed by atoms with Crippen LogP contribution < -0.4 is 0 Å². The van der Waals surface area contributed by atoms with E-state index in [4.69, 9.17) is 0 Å². The van der Waals surface area contributed by atoms with Crippen LogP contribution in [0.3, 0.4) is 0 Å². The van der Waals surface area contributed by atoms with Gasteiger partial charge in [-0.05, 0) is 48.7 Å². The highest BCUT2D eigenvalue weighted by atomic mass is 32.2. The van der Waals surface area contributed by atoms with Crippen molar-refractivity contribution in [1.82, 2.24) is 4.57 Å². The molecule has 0 spiro atoms. The standard InChI is InChI=1S/C24H22FNS/c1-17-7-8-18(2)20(13-17)16-27-24-15-26(23-6-4-3-5-22(23)24)14-19-9-11-21(25)12-10-19/h3-13,15H,14,16H2,1-2H3. The van der Waals surface area contributed by atoms with E-state index < -0.39 is 0 Å². The van der Waals surface area contributed by atoms with E-state index in [1.807, 2.05) is 23.9 Å². The normalized spacial score (nSPS) is 11.2. The van der Waals surface area contributed by atoms with Crippen molar-refractivity contribution < 1.29 is 4.39 Å². The second-order valence-corrected chi connectivity index (χ2v) is 8.00. The van der Waals surface area contributed by atoms with Gasteiger partial charge in [-0.1, -0.05) is 54.1 Å². The Morgan fingerprint density at radius 1 is 0.926 bits per heavy atom. The number of hydrogen-bond acceptors (Lipinski definition) is 1. The number of para-hydroxylation sites is 1. The molecule has 3 aromatic carbocycles. The third-order valence-corrected chi connectivity index (χ3v) is 6.00. The number of halogens is 1. The quantitative estimate of drug-likeness (QED) is 0.350. The Labute approximate surface area is 163 Å². The minimum atomic E-state index is -0.194. The average Bonchev–Trinajstić information content (AvgIpc) is 3.02. The van der Waals surface area contributed by atoms with Crippen LogP contribution >= 0.6 is 11.8 Å². The zero-order chi connectivity index (χ0) is 18.8. The van der Waals surface area contributed by atoms with Crippen LogP contribution in [0.2, 0.25) is 0 Å². The van der Waals surface area contributed by atoms with Gasteiger partial charge in [-0.15, -0.1) is 11.8 Å². The van der Waals surface area contributed by atoms with Crippen LogP contribution in [0.5, 0.6) is 0 Å². The first-order valence-electron chi connectivity index (χ1n) is 9.11. The lowest BCUT2D eigenvalue weighted by molar-refractivity contribution is 0.626. The maximum Gasteiger partial charge on any atom is 0.123 e. The highest BCUT2D eigenvalue weighted by molar-refractivity contribution is 7.98. The summed E-state index contributed by atoms with van der Waals surface area (Å²) >= 11 is 1.88. The van der Waals surface area contributed by atoms with Gasteiger partial charge in [-0.25, -0.2) is 4.39 Å². The number of rotatable bonds is 5. The molecule has 0 amide bonds. The van der Waals surface area contributed by atoms with Gasteiger partial charge in [0, 0.05) is 34.3 Å². The number of hydrogen-bond donors (Lipinski definition) is 0. The van der Waals surface area contributed by atoms with Gasteiger partial charge in [0.15, 0.2) is 0 Å². The molecule has 0 fully saturated rings. The first-order valence-corrected chi connectivity index (χ1v) is 10.1. The summed E-state index contributed by atoms with van der Waals surface area (Å²) in [4.78, 5) is 1.29. The first kappa shape index (κ1) is 17.9. The molecule has 0 aliphatic rings. The van der Waals surface area contributed by atoms with E-state index in [0.29, 0.717) is 0 Å². The van der Waals surface area contributed by atoms with Crippen LogP contribution in [0.15, 0.2) is 77.8 Å². The average molecular weight is 376 g/mol. The molecule has 0 atom stereocenters. The number of fused-ring (bicyclic) bond motifs is 1. The Bertz CT molecular complexity index is 1080. The summed E-state index contributed by atoms with van der Waals surface area (Å²) in [7, 11) is 0. The van der Waals surface area contributed by atoms with Crippen LogP contribution in [0.25, 0.3) is 10.9 Å². The monoisotopic (exact) mass is 375 g/mol. The van der Waals surface area contributed by atoms with E-state index in [2.05, 4.69) is 67.1 Å². The summed E-state index contributed by atoms with van der Waals surface area (Å²) in [6, 6.07) is 21.9. The molecular formula is C24H22FNS. The molecule has 0 saturated heterocycles. The van der Waals surface area contributed by atoms with Crippen molar-refractivity contribution in [2.24, 2.45) is 0 Å². The highest BCUT2D eigenvalue weighted by Gasteiger charge is 2.10. The summed E-state index contributed by atoms with van der Waals surface area (Å²) in [5.74, 6) is 0.763. The fraction of sp³-hybridized carbons (Fsp3) is 0.167. The maximum absolute atomic E-state index is 13.2. The van der Waals surface area contributed by atoms with Gasteiger partial charge in [0.1, 0.15) is 5.82 Å². The maximum atomic E-state index is 13.2. The molecule has 0 N–H and O–H groups in total. The molecule has 27 heavy (non-hydrogen) atoms. The van der Waals surface area contributed by atoms with Crippen molar-refractivity contribution in [3.05, 3.63) is 101 Å².